The summed E-state index contributed by atoms with van der Waals surface area (Å²) < 4.78 is 5.38. The van der Waals surface area contributed by atoms with E-state index in [0.29, 0.717) is 30.1 Å². The fraction of sp³-hybridized carbons (Fsp3) is 0.250. The van der Waals surface area contributed by atoms with Gasteiger partial charge in [-0.05, 0) is 48.4 Å². The van der Waals surface area contributed by atoms with Crippen molar-refractivity contribution in [3.8, 4) is 11.3 Å². The van der Waals surface area contributed by atoms with E-state index in [0.717, 1.165) is 5.56 Å². The zero-order valence-corrected chi connectivity index (χ0v) is 15.6. The molecule has 0 radical (unpaired) electrons. The Morgan fingerprint density at radius 1 is 1.18 bits per heavy atom. The molecule has 1 aliphatic heterocycles. The van der Waals surface area contributed by atoms with E-state index in [2.05, 4.69) is 10.1 Å². The molecule has 1 aliphatic rings. The Balaban J connectivity index is 1.61. The van der Waals surface area contributed by atoms with Crippen LogP contribution in [0, 0.1) is 5.92 Å². The standard InChI is InChI=1S/C20H18ClN3O4/c21-15-3-1-13(2-4-15)18-17(20(26)27)19(23-28-18)24-10-14(16(25)11-24)9-12-5-7-22-8-6-12/h1-8,14,16,25H,9-11H2,(H,26,27)/t14-,16-/m1/s1. The second-order valence-electron chi connectivity index (χ2n) is 6.81. The maximum Gasteiger partial charge on any atom is 0.343 e. The van der Waals surface area contributed by atoms with Crippen molar-refractivity contribution in [2.75, 3.05) is 18.0 Å². The highest BCUT2D eigenvalue weighted by Crippen LogP contribution is 2.35. The first-order chi connectivity index (χ1) is 13.5. The zero-order valence-electron chi connectivity index (χ0n) is 14.8. The molecular formula is C20H18ClN3O4. The molecule has 3 aromatic rings. The second kappa shape index (κ2) is 7.61. The van der Waals surface area contributed by atoms with E-state index in [9.17, 15) is 15.0 Å². The number of aromatic carboxylic acids is 1. The molecule has 0 unspecified atom stereocenters. The highest BCUT2D eigenvalue weighted by atomic mass is 35.5. The summed E-state index contributed by atoms with van der Waals surface area (Å²) in [5.74, 6) is -0.770. The van der Waals surface area contributed by atoms with Crippen molar-refractivity contribution in [1.82, 2.24) is 10.1 Å². The maximum absolute atomic E-state index is 11.9. The van der Waals surface area contributed by atoms with Gasteiger partial charge in [-0.2, -0.15) is 0 Å². The van der Waals surface area contributed by atoms with Crippen molar-refractivity contribution in [2.24, 2.45) is 5.92 Å². The van der Waals surface area contributed by atoms with Gasteiger partial charge in [-0.25, -0.2) is 4.79 Å². The molecule has 1 fully saturated rings. The van der Waals surface area contributed by atoms with Crippen molar-refractivity contribution >= 4 is 23.4 Å². The minimum atomic E-state index is -1.13. The summed E-state index contributed by atoms with van der Waals surface area (Å²) in [6.07, 6.45) is 3.51. The lowest BCUT2D eigenvalue weighted by molar-refractivity contribution is 0.0697. The van der Waals surface area contributed by atoms with Crippen LogP contribution >= 0.6 is 11.6 Å². The smallest absolute Gasteiger partial charge is 0.343 e. The van der Waals surface area contributed by atoms with E-state index >= 15 is 0 Å². The number of nitrogens with zero attached hydrogens (tertiary/aromatic N) is 3. The first kappa shape index (κ1) is 18.5. The number of hydrogen-bond acceptors (Lipinski definition) is 6. The van der Waals surface area contributed by atoms with Crippen LogP contribution in [-0.4, -0.2) is 45.5 Å². The number of benzene rings is 1. The van der Waals surface area contributed by atoms with Crippen LogP contribution in [0.1, 0.15) is 15.9 Å². The number of aliphatic hydroxyl groups excluding tert-OH is 1. The molecule has 28 heavy (non-hydrogen) atoms. The lowest BCUT2D eigenvalue weighted by Gasteiger charge is -2.15. The van der Waals surface area contributed by atoms with Crippen LogP contribution in [0.4, 0.5) is 5.82 Å². The normalized spacial score (nSPS) is 19.1. The second-order valence-corrected chi connectivity index (χ2v) is 7.25. The molecule has 2 atom stereocenters. The van der Waals surface area contributed by atoms with E-state index in [4.69, 9.17) is 16.1 Å². The molecular weight excluding hydrogens is 382 g/mol. The fourth-order valence-electron chi connectivity index (χ4n) is 3.54. The van der Waals surface area contributed by atoms with Crippen molar-refractivity contribution in [3.63, 3.8) is 0 Å². The summed E-state index contributed by atoms with van der Waals surface area (Å²) in [6.45, 7) is 0.777. The Bertz CT molecular complexity index is 975. The number of halogens is 1. The summed E-state index contributed by atoms with van der Waals surface area (Å²) in [6, 6.07) is 10.5. The molecule has 8 heteroatoms. The predicted molar refractivity (Wildman–Crippen MR) is 104 cm³/mol. The molecule has 0 spiro atoms. The first-order valence-corrected chi connectivity index (χ1v) is 9.21. The number of aromatic nitrogens is 2. The fourth-order valence-corrected chi connectivity index (χ4v) is 3.66. The molecule has 7 nitrogen and oxygen atoms in total. The third kappa shape index (κ3) is 3.58. The SMILES string of the molecule is O=C(O)c1c(N2C[C@@H](Cc3ccncc3)[C@H](O)C2)noc1-c1ccc(Cl)cc1. The average molecular weight is 400 g/mol. The molecule has 0 saturated carbocycles. The third-order valence-corrected chi connectivity index (χ3v) is 5.20. The van der Waals surface area contributed by atoms with Crippen LogP contribution in [-0.2, 0) is 6.42 Å². The average Bonchev–Trinajstić information content (AvgIpc) is 3.27. The van der Waals surface area contributed by atoms with Gasteiger partial charge in [0.05, 0.1) is 6.10 Å². The zero-order chi connectivity index (χ0) is 19.7. The van der Waals surface area contributed by atoms with Crippen molar-refractivity contribution in [3.05, 3.63) is 64.9 Å². The molecule has 4 rings (SSSR count). The van der Waals surface area contributed by atoms with Gasteiger partial charge >= 0.3 is 5.97 Å². The molecule has 0 bridgehead atoms. The summed E-state index contributed by atoms with van der Waals surface area (Å²) in [5.41, 5.74) is 1.63. The van der Waals surface area contributed by atoms with Gasteiger partial charge in [0.15, 0.2) is 17.1 Å². The van der Waals surface area contributed by atoms with Crippen LogP contribution < -0.4 is 4.90 Å². The highest BCUT2D eigenvalue weighted by Gasteiger charge is 2.36. The lowest BCUT2D eigenvalue weighted by Crippen LogP contribution is -2.23. The number of hydrogen-bond donors (Lipinski definition) is 2. The van der Waals surface area contributed by atoms with E-state index < -0.39 is 12.1 Å². The molecule has 0 amide bonds. The van der Waals surface area contributed by atoms with Gasteiger partial charge in [-0.1, -0.05) is 16.8 Å². The van der Waals surface area contributed by atoms with Gasteiger partial charge < -0.3 is 19.6 Å². The number of carboxylic acids is 1. The van der Waals surface area contributed by atoms with Crippen LogP contribution in [0.25, 0.3) is 11.3 Å². The van der Waals surface area contributed by atoms with Gasteiger partial charge in [-0.3, -0.25) is 4.98 Å². The lowest BCUT2D eigenvalue weighted by atomic mass is 9.97. The number of carboxylic acid groups (broad SMARTS) is 1. The Morgan fingerprint density at radius 2 is 1.89 bits per heavy atom. The van der Waals surface area contributed by atoms with Gasteiger partial charge in [0.25, 0.3) is 0 Å². The number of carbonyl (C=O) groups is 1. The first-order valence-electron chi connectivity index (χ1n) is 8.83. The summed E-state index contributed by atoms with van der Waals surface area (Å²) in [4.78, 5) is 17.7. The third-order valence-electron chi connectivity index (χ3n) is 4.95. The molecule has 0 aliphatic carbocycles. The molecule has 3 heterocycles. The van der Waals surface area contributed by atoms with E-state index in [-0.39, 0.29) is 23.1 Å². The number of pyridine rings is 1. The summed E-state index contributed by atoms with van der Waals surface area (Å²) >= 11 is 5.91. The van der Waals surface area contributed by atoms with E-state index in [1.54, 1.807) is 41.6 Å². The van der Waals surface area contributed by atoms with Crippen LogP contribution in [0.3, 0.4) is 0 Å². The summed E-state index contributed by atoms with van der Waals surface area (Å²) in [5, 5.41) is 24.8. The topological polar surface area (TPSA) is 99.7 Å². The van der Waals surface area contributed by atoms with Crippen LogP contribution in [0.2, 0.25) is 5.02 Å². The van der Waals surface area contributed by atoms with Gasteiger partial charge in [-0.15, -0.1) is 0 Å². The minimum absolute atomic E-state index is 0.0147. The minimum Gasteiger partial charge on any atom is -0.477 e. The molecule has 2 N–H and O–H groups in total. The molecule has 144 valence electrons. The Kier molecular flexibility index (Phi) is 5.02. The Hall–Kier alpha value is -2.90. The van der Waals surface area contributed by atoms with Crippen LogP contribution in [0.5, 0.6) is 0 Å². The predicted octanol–water partition coefficient (Wildman–Crippen LogP) is 3.13. The summed E-state index contributed by atoms with van der Waals surface area (Å²) in [7, 11) is 0. The number of aliphatic hydroxyl groups is 1. The van der Waals surface area contributed by atoms with Gasteiger partial charge in [0, 0.05) is 42.0 Å². The maximum atomic E-state index is 11.9. The highest BCUT2D eigenvalue weighted by molar-refractivity contribution is 6.30. The monoisotopic (exact) mass is 399 g/mol. The van der Waals surface area contributed by atoms with Gasteiger partial charge in [0.2, 0.25) is 0 Å². The van der Waals surface area contributed by atoms with Gasteiger partial charge in [0.1, 0.15) is 0 Å². The molecule has 2 aromatic heterocycles. The number of anilines is 1. The van der Waals surface area contributed by atoms with Crippen molar-refractivity contribution in [2.45, 2.75) is 12.5 Å². The molecule has 1 aromatic carbocycles. The van der Waals surface area contributed by atoms with Crippen molar-refractivity contribution in [1.29, 1.82) is 0 Å². The number of rotatable bonds is 5. The van der Waals surface area contributed by atoms with Crippen molar-refractivity contribution < 1.29 is 19.5 Å². The Labute approximate surface area is 166 Å². The van der Waals surface area contributed by atoms with Crippen LogP contribution in [0.15, 0.2) is 53.3 Å². The van der Waals surface area contributed by atoms with E-state index in [1.165, 1.54) is 0 Å². The largest absolute Gasteiger partial charge is 0.477 e. The van der Waals surface area contributed by atoms with E-state index in [1.807, 2.05) is 12.1 Å². The quantitative estimate of drug-likeness (QED) is 0.679. The molecule has 1 saturated heterocycles. The number of β-amino-alcohol motifs (C(OH)–C–C–N with tert-alkyl or cyclic N) is 1. The Morgan fingerprint density at radius 3 is 2.57 bits per heavy atom.